The zero-order valence-electron chi connectivity index (χ0n) is 11.8. The molecule has 0 saturated heterocycles. The van der Waals surface area contributed by atoms with Gasteiger partial charge in [-0.1, -0.05) is 6.92 Å². The number of ether oxygens (including phenoxy) is 1. The highest BCUT2D eigenvalue weighted by molar-refractivity contribution is 6.16. The maximum atomic E-state index is 5.98. The maximum Gasteiger partial charge on any atom is 0.215 e. The molecule has 0 bridgehead atoms. The molecule has 7 heteroatoms. The molecule has 0 unspecified atom stereocenters. The summed E-state index contributed by atoms with van der Waals surface area (Å²) in [5, 5.41) is 0. The van der Waals surface area contributed by atoms with Crippen LogP contribution in [-0.4, -0.2) is 26.6 Å². The number of alkyl halides is 1. The number of rotatable bonds is 5. The SMILES string of the molecule is CCc1cnc(Cn2c(CCl)nc3ccc(OC)nc32)o1. The molecule has 110 valence electrons. The average molecular weight is 307 g/mol. The van der Waals surface area contributed by atoms with Crippen LogP contribution in [0.5, 0.6) is 5.88 Å². The Kier molecular flexibility index (Phi) is 3.79. The number of pyridine rings is 1. The smallest absolute Gasteiger partial charge is 0.215 e. The Labute approximate surface area is 126 Å². The molecule has 3 heterocycles. The molecule has 0 aromatic carbocycles. The van der Waals surface area contributed by atoms with Crippen molar-refractivity contribution >= 4 is 22.8 Å². The van der Waals surface area contributed by atoms with Crippen LogP contribution in [0.15, 0.2) is 22.7 Å². The van der Waals surface area contributed by atoms with E-state index in [2.05, 4.69) is 15.0 Å². The van der Waals surface area contributed by atoms with Crippen LogP contribution in [0.2, 0.25) is 0 Å². The molecule has 0 aliphatic rings. The van der Waals surface area contributed by atoms with Crippen LogP contribution in [0.1, 0.15) is 24.4 Å². The summed E-state index contributed by atoms with van der Waals surface area (Å²) in [7, 11) is 1.58. The molecule has 3 aromatic heterocycles. The predicted octanol–water partition coefficient (Wildman–Crippen LogP) is 2.78. The molecule has 3 aromatic rings. The predicted molar refractivity (Wildman–Crippen MR) is 78.6 cm³/mol. The first-order valence-electron chi connectivity index (χ1n) is 6.64. The van der Waals surface area contributed by atoms with Gasteiger partial charge in [0.25, 0.3) is 0 Å². The summed E-state index contributed by atoms with van der Waals surface area (Å²) in [6, 6.07) is 3.64. The summed E-state index contributed by atoms with van der Waals surface area (Å²) in [6.45, 7) is 2.46. The van der Waals surface area contributed by atoms with Gasteiger partial charge in [0, 0.05) is 12.5 Å². The molecule has 0 spiro atoms. The van der Waals surface area contributed by atoms with Gasteiger partial charge in [-0.3, -0.25) is 0 Å². The summed E-state index contributed by atoms with van der Waals surface area (Å²) >= 11 is 5.98. The largest absolute Gasteiger partial charge is 0.481 e. The van der Waals surface area contributed by atoms with E-state index in [1.165, 1.54) is 0 Å². The van der Waals surface area contributed by atoms with Crippen molar-refractivity contribution in [2.45, 2.75) is 25.8 Å². The van der Waals surface area contributed by atoms with Gasteiger partial charge in [0.1, 0.15) is 23.6 Å². The normalized spacial score (nSPS) is 11.2. The van der Waals surface area contributed by atoms with Crippen molar-refractivity contribution in [1.82, 2.24) is 19.5 Å². The third-order valence-electron chi connectivity index (χ3n) is 3.22. The number of aryl methyl sites for hydroxylation is 1. The lowest BCUT2D eigenvalue weighted by molar-refractivity contribution is 0.398. The maximum absolute atomic E-state index is 5.98. The summed E-state index contributed by atoms with van der Waals surface area (Å²) < 4.78 is 12.7. The quantitative estimate of drug-likeness (QED) is 0.678. The van der Waals surface area contributed by atoms with Crippen LogP contribution in [0.3, 0.4) is 0 Å². The molecule has 0 N–H and O–H groups in total. The fraction of sp³-hybridized carbons (Fsp3) is 0.357. The van der Waals surface area contributed by atoms with E-state index < -0.39 is 0 Å². The molecular weight excluding hydrogens is 292 g/mol. The third kappa shape index (κ3) is 2.58. The molecule has 3 rings (SSSR count). The van der Waals surface area contributed by atoms with Crippen LogP contribution in [0.4, 0.5) is 0 Å². The Balaban J connectivity index is 2.05. The van der Waals surface area contributed by atoms with Crippen molar-refractivity contribution < 1.29 is 9.15 Å². The van der Waals surface area contributed by atoms with Gasteiger partial charge in [-0.05, 0) is 6.07 Å². The van der Waals surface area contributed by atoms with E-state index in [0.29, 0.717) is 29.8 Å². The van der Waals surface area contributed by atoms with Gasteiger partial charge in [-0.2, -0.15) is 4.98 Å². The first kappa shape index (κ1) is 13.9. The van der Waals surface area contributed by atoms with Gasteiger partial charge in [0.15, 0.2) is 5.65 Å². The van der Waals surface area contributed by atoms with Gasteiger partial charge in [-0.15, -0.1) is 11.6 Å². The minimum absolute atomic E-state index is 0.292. The van der Waals surface area contributed by atoms with E-state index in [1.54, 1.807) is 19.4 Å². The number of nitrogens with zero attached hydrogens (tertiary/aromatic N) is 4. The van der Waals surface area contributed by atoms with E-state index in [4.69, 9.17) is 20.8 Å². The highest BCUT2D eigenvalue weighted by Crippen LogP contribution is 2.20. The number of hydrogen-bond acceptors (Lipinski definition) is 5. The lowest BCUT2D eigenvalue weighted by Gasteiger charge is -2.05. The molecule has 0 radical (unpaired) electrons. The molecule has 6 nitrogen and oxygen atoms in total. The molecule has 0 amide bonds. The van der Waals surface area contributed by atoms with E-state index in [0.717, 1.165) is 23.5 Å². The van der Waals surface area contributed by atoms with Crippen molar-refractivity contribution in [2.24, 2.45) is 0 Å². The Morgan fingerprint density at radius 3 is 2.86 bits per heavy atom. The summed E-state index contributed by atoms with van der Waals surface area (Å²) in [5.74, 6) is 3.02. The average Bonchev–Trinajstić information content (AvgIpc) is 3.11. The summed E-state index contributed by atoms with van der Waals surface area (Å²) in [5.41, 5.74) is 1.48. The standard InChI is InChI=1S/C14H15ClN4O2/c1-3-9-7-16-13(21-9)8-19-11(6-15)17-10-4-5-12(20-2)18-14(10)19/h4-5,7H,3,6,8H2,1-2H3. The van der Waals surface area contributed by atoms with E-state index in [-0.39, 0.29) is 0 Å². The Morgan fingerprint density at radius 1 is 1.33 bits per heavy atom. The fourth-order valence-corrected chi connectivity index (χ4v) is 2.34. The highest BCUT2D eigenvalue weighted by atomic mass is 35.5. The summed E-state index contributed by atoms with van der Waals surface area (Å²) in [6.07, 6.45) is 2.55. The van der Waals surface area contributed by atoms with Crippen LogP contribution in [0, 0.1) is 0 Å². The molecular formula is C14H15ClN4O2. The Hall–Kier alpha value is -2.08. The number of hydrogen-bond donors (Lipinski definition) is 0. The second kappa shape index (κ2) is 5.73. The molecule has 0 aliphatic heterocycles. The number of aromatic nitrogens is 4. The minimum Gasteiger partial charge on any atom is -0.481 e. The lowest BCUT2D eigenvalue weighted by Crippen LogP contribution is -2.05. The molecule has 21 heavy (non-hydrogen) atoms. The van der Waals surface area contributed by atoms with E-state index >= 15 is 0 Å². The molecule has 0 fully saturated rings. The first-order chi connectivity index (χ1) is 10.2. The topological polar surface area (TPSA) is 66.0 Å². The van der Waals surface area contributed by atoms with E-state index in [9.17, 15) is 0 Å². The van der Waals surface area contributed by atoms with Gasteiger partial charge >= 0.3 is 0 Å². The fourth-order valence-electron chi connectivity index (χ4n) is 2.13. The second-order valence-electron chi connectivity index (χ2n) is 4.52. The Morgan fingerprint density at radius 2 is 2.19 bits per heavy atom. The van der Waals surface area contributed by atoms with Gasteiger partial charge in [0.2, 0.25) is 11.8 Å². The number of halogens is 1. The molecule has 0 aliphatic carbocycles. The van der Waals surface area contributed by atoms with Crippen molar-refractivity contribution in [3.05, 3.63) is 35.8 Å². The van der Waals surface area contributed by atoms with E-state index in [1.807, 2.05) is 17.6 Å². The van der Waals surface area contributed by atoms with Crippen LogP contribution >= 0.6 is 11.6 Å². The molecule has 0 saturated carbocycles. The minimum atomic E-state index is 0.292. The number of oxazole rings is 1. The van der Waals surface area contributed by atoms with Crippen LogP contribution in [-0.2, 0) is 18.8 Å². The van der Waals surface area contributed by atoms with Gasteiger partial charge in [-0.25, -0.2) is 9.97 Å². The first-order valence-corrected chi connectivity index (χ1v) is 7.18. The Bertz CT molecular complexity index is 766. The lowest BCUT2D eigenvalue weighted by atomic mass is 10.4. The number of fused-ring (bicyclic) bond motifs is 1. The third-order valence-corrected chi connectivity index (χ3v) is 3.46. The highest BCUT2D eigenvalue weighted by Gasteiger charge is 2.14. The van der Waals surface area contributed by atoms with Gasteiger partial charge in [0.05, 0.1) is 19.2 Å². The van der Waals surface area contributed by atoms with Gasteiger partial charge < -0.3 is 13.7 Å². The zero-order chi connectivity index (χ0) is 14.8. The van der Waals surface area contributed by atoms with Crippen molar-refractivity contribution in [1.29, 1.82) is 0 Å². The van der Waals surface area contributed by atoms with Crippen LogP contribution in [0.25, 0.3) is 11.2 Å². The second-order valence-corrected chi connectivity index (χ2v) is 4.79. The molecule has 0 atom stereocenters. The monoisotopic (exact) mass is 306 g/mol. The van der Waals surface area contributed by atoms with Crippen LogP contribution < -0.4 is 4.74 Å². The number of methoxy groups -OCH3 is 1. The van der Waals surface area contributed by atoms with Crippen molar-refractivity contribution in [3.8, 4) is 5.88 Å². The summed E-state index contributed by atoms with van der Waals surface area (Å²) in [4.78, 5) is 13.2. The van der Waals surface area contributed by atoms with Crippen molar-refractivity contribution in [3.63, 3.8) is 0 Å². The zero-order valence-corrected chi connectivity index (χ0v) is 12.6. The number of imidazole rings is 1. The van der Waals surface area contributed by atoms with Crippen molar-refractivity contribution in [2.75, 3.05) is 7.11 Å².